The first-order valence-electron chi connectivity index (χ1n) is 6.42. The Balaban J connectivity index is 2.40. The maximum absolute atomic E-state index is 5.74. The van der Waals surface area contributed by atoms with Gasteiger partial charge in [0, 0.05) is 19.3 Å². The lowest BCUT2D eigenvalue weighted by atomic mass is 9.88. The van der Waals surface area contributed by atoms with Crippen LogP contribution in [0.2, 0.25) is 0 Å². The van der Waals surface area contributed by atoms with Crippen LogP contribution in [-0.4, -0.2) is 20.1 Å². The van der Waals surface area contributed by atoms with Gasteiger partial charge in [-0.1, -0.05) is 31.5 Å². The fourth-order valence-electron chi connectivity index (χ4n) is 1.83. The lowest BCUT2D eigenvalue weighted by Gasteiger charge is -2.25. The van der Waals surface area contributed by atoms with Crippen molar-refractivity contribution in [1.82, 2.24) is 0 Å². The van der Waals surface area contributed by atoms with Crippen molar-refractivity contribution in [2.45, 2.75) is 33.6 Å². The summed E-state index contributed by atoms with van der Waals surface area (Å²) in [6, 6.07) is 8.69. The third-order valence-corrected chi connectivity index (χ3v) is 3.37. The molecular formula is C15H26N2. The molecule has 0 saturated heterocycles. The van der Waals surface area contributed by atoms with Gasteiger partial charge in [-0.25, -0.2) is 0 Å². The molecular weight excluding hydrogens is 208 g/mol. The fourth-order valence-corrected chi connectivity index (χ4v) is 1.83. The highest BCUT2D eigenvalue weighted by Gasteiger charge is 2.14. The second kappa shape index (κ2) is 6.06. The molecule has 1 aromatic rings. The Kier molecular flexibility index (Phi) is 5.01. The maximum atomic E-state index is 5.74. The molecule has 0 bridgehead atoms. The Morgan fingerprint density at radius 3 is 2.29 bits per heavy atom. The molecule has 2 N–H and O–H groups in total. The topological polar surface area (TPSA) is 29.3 Å². The molecule has 0 atom stereocenters. The van der Waals surface area contributed by atoms with E-state index in [0.717, 1.165) is 13.1 Å². The minimum atomic E-state index is 0.272. The normalized spacial score (nSPS) is 11.6. The van der Waals surface area contributed by atoms with Crippen LogP contribution >= 0.6 is 0 Å². The van der Waals surface area contributed by atoms with E-state index in [4.69, 9.17) is 5.73 Å². The van der Waals surface area contributed by atoms with Crippen molar-refractivity contribution in [3.05, 3.63) is 29.8 Å². The monoisotopic (exact) mass is 234 g/mol. The number of anilines is 1. The van der Waals surface area contributed by atoms with Gasteiger partial charge in [-0.15, -0.1) is 0 Å². The lowest BCUT2D eigenvalue weighted by molar-refractivity contribution is 0.338. The summed E-state index contributed by atoms with van der Waals surface area (Å²) < 4.78 is 0. The summed E-state index contributed by atoms with van der Waals surface area (Å²) in [7, 11) is 2.15. The molecule has 1 rings (SSSR count). The SMILES string of the molecule is Cc1ccc(N(C)CCCC(C)(C)CN)cc1. The molecule has 0 heterocycles. The highest BCUT2D eigenvalue weighted by Crippen LogP contribution is 2.21. The minimum Gasteiger partial charge on any atom is -0.375 e. The van der Waals surface area contributed by atoms with Crippen molar-refractivity contribution in [2.24, 2.45) is 11.1 Å². The largest absolute Gasteiger partial charge is 0.375 e. The standard InChI is InChI=1S/C15H26N2/c1-13-6-8-14(9-7-13)17(4)11-5-10-15(2,3)12-16/h6-9H,5,10-12,16H2,1-4H3. The summed E-state index contributed by atoms with van der Waals surface area (Å²) in [4.78, 5) is 2.31. The number of hydrogen-bond donors (Lipinski definition) is 1. The first-order valence-corrected chi connectivity index (χ1v) is 6.42. The van der Waals surface area contributed by atoms with Crippen LogP contribution in [0.15, 0.2) is 24.3 Å². The van der Waals surface area contributed by atoms with Crippen molar-refractivity contribution in [2.75, 3.05) is 25.0 Å². The minimum absolute atomic E-state index is 0.272. The van der Waals surface area contributed by atoms with Crippen LogP contribution in [0.25, 0.3) is 0 Å². The van der Waals surface area contributed by atoms with E-state index in [1.54, 1.807) is 0 Å². The van der Waals surface area contributed by atoms with Gasteiger partial charge >= 0.3 is 0 Å². The second-order valence-electron chi connectivity index (χ2n) is 5.73. The van der Waals surface area contributed by atoms with Gasteiger partial charge in [0.15, 0.2) is 0 Å². The summed E-state index contributed by atoms with van der Waals surface area (Å²) in [6.45, 7) is 8.44. The molecule has 0 aromatic heterocycles. The van der Waals surface area contributed by atoms with Gasteiger partial charge in [-0.05, 0) is 43.9 Å². The predicted octanol–water partition coefficient (Wildman–Crippen LogP) is 3.20. The quantitative estimate of drug-likeness (QED) is 0.819. The molecule has 0 aliphatic rings. The summed E-state index contributed by atoms with van der Waals surface area (Å²) >= 11 is 0. The van der Waals surface area contributed by atoms with Gasteiger partial charge < -0.3 is 10.6 Å². The zero-order valence-electron chi connectivity index (χ0n) is 11.7. The number of aryl methyl sites for hydroxylation is 1. The van der Waals surface area contributed by atoms with Crippen molar-refractivity contribution in [3.8, 4) is 0 Å². The molecule has 0 radical (unpaired) electrons. The van der Waals surface area contributed by atoms with Crippen LogP contribution in [-0.2, 0) is 0 Å². The Morgan fingerprint density at radius 2 is 1.76 bits per heavy atom. The van der Waals surface area contributed by atoms with Crippen LogP contribution in [0.4, 0.5) is 5.69 Å². The first-order chi connectivity index (χ1) is 7.94. The third kappa shape index (κ3) is 4.78. The third-order valence-electron chi connectivity index (χ3n) is 3.37. The van der Waals surface area contributed by atoms with E-state index in [0.29, 0.717) is 0 Å². The number of rotatable bonds is 6. The smallest absolute Gasteiger partial charge is 0.0363 e. The van der Waals surface area contributed by atoms with Gasteiger partial charge in [-0.3, -0.25) is 0 Å². The van der Waals surface area contributed by atoms with Crippen molar-refractivity contribution >= 4 is 5.69 Å². The van der Waals surface area contributed by atoms with E-state index in [1.807, 2.05) is 0 Å². The average Bonchev–Trinajstić information content (AvgIpc) is 2.29. The first kappa shape index (κ1) is 14.0. The molecule has 0 spiro atoms. The lowest BCUT2D eigenvalue weighted by Crippen LogP contribution is -2.26. The van der Waals surface area contributed by atoms with E-state index < -0.39 is 0 Å². The Labute approximate surface area is 106 Å². The number of hydrogen-bond acceptors (Lipinski definition) is 2. The van der Waals surface area contributed by atoms with Gasteiger partial charge in [0.05, 0.1) is 0 Å². The maximum Gasteiger partial charge on any atom is 0.0363 e. The predicted molar refractivity (Wildman–Crippen MR) is 76.5 cm³/mol. The van der Waals surface area contributed by atoms with E-state index in [1.165, 1.54) is 24.1 Å². The molecule has 0 saturated carbocycles. The van der Waals surface area contributed by atoms with Crippen molar-refractivity contribution in [1.29, 1.82) is 0 Å². The van der Waals surface area contributed by atoms with Crippen LogP contribution in [0.3, 0.4) is 0 Å². The molecule has 0 fully saturated rings. The number of nitrogens with two attached hydrogens (primary N) is 1. The highest BCUT2D eigenvalue weighted by molar-refractivity contribution is 5.46. The molecule has 1 aromatic carbocycles. The molecule has 2 heteroatoms. The summed E-state index contributed by atoms with van der Waals surface area (Å²) in [5.41, 5.74) is 8.61. The van der Waals surface area contributed by atoms with Crippen molar-refractivity contribution < 1.29 is 0 Å². The molecule has 0 unspecified atom stereocenters. The van der Waals surface area contributed by atoms with E-state index in [2.05, 4.69) is 57.0 Å². The molecule has 0 aliphatic heterocycles. The Hall–Kier alpha value is -1.02. The Bertz CT molecular complexity index is 327. The summed E-state index contributed by atoms with van der Waals surface area (Å²) in [6.07, 6.45) is 2.37. The van der Waals surface area contributed by atoms with Crippen LogP contribution < -0.4 is 10.6 Å². The molecule has 0 aliphatic carbocycles. The van der Waals surface area contributed by atoms with Gasteiger partial charge in [0.1, 0.15) is 0 Å². The molecule has 96 valence electrons. The average molecular weight is 234 g/mol. The second-order valence-corrected chi connectivity index (χ2v) is 5.73. The fraction of sp³-hybridized carbons (Fsp3) is 0.600. The van der Waals surface area contributed by atoms with Gasteiger partial charge in [0.25, 0.3) is 0 Å². The zero-order chi connectivity index (χ0) is 12.9. The Morgan fingerprint density at radius 1 is 1.18 bits per heavy atom. The number of nitrogens with zero attached hydrogens (tertiary/aromatic N) is 1. The molecule has 2 nitrogen and oxygen atoms in total. The van der Waals surface area contributed by atoms with Gasteiger partial charge in [-0.2, -0.15) is 0 Å². The van der Waals surface area contributed by atoms with Crippen LogP contribution in [0, 0.1) is 12.3 Å². The zero-order valence-corrected chi connectivity index (χ0v) is 11.7. The van der Waals surface area contributed by atoms with Crippen LogP contribution in [0.5, 0.6) is 0 Å². The number of benzene rings is 1. The van der Waals surface area contributed by atoms with Crippen molar-refractivity contribution in [3.63, 3.8) is 0 Å². The van der Waals surface area contributed by atoms with Gasteiger partial charge in [0.2, 0.25) is 0 Å². The van der Waals surface area contributed by atoms with E-state index in [9.17, 15) is 0 Å². The van der Waals surface area contributed by atoms with E-state index in [-0.39, 0.29) is 5.41 Å². The summed E-state index contributed by atoms with van der Waals surface area (Å²) in [5.74, 6) is 0. The summed E-state index contributed by atoms with van der Waals surface area (Å²) in [5, 5.41) is 0. The molecule has 0 amide bonds. The van der Waals surface area contributed by atoms with E-state index >= 15 is 0 Å². The van der Waals surface area contributed by atoms with Crippen LogP contribution in [0.1, 0.15) is 32.3 Å². The highest BCUT2D eigenvalue weighted by atomic mass is 15.1. The molecule has 17 heavy (non-hydrogen) atoms.